The molecule has 1 N–H and O–H groups in total. The first-order valence-electron chi connectivity index (χ1n) is 6.71. The minimum absolute atomic E-state index is 0.227. The number of benzene rings is 1. The van der Waals surface area contributed by atoms with E-state index in [4.69, 9.17) is 4.74 Å². The van der Waals surface area contributed by atoms with E-state index in [1.807, 2.05) is 37.8 Å². The van der Waals surface area contributed by atoms with Gasteiger partial charge >= 0.3 is 0 Å². The zero-order chi connectivity index (χ0) is 15.6. The van der Waals surface area contributed by atoms with Gasteiger partial charge in [-0.25, -0.2) is 0 Å². The summed E-state index contributed by atoms with van der Waals surface area (Å²) in [5, 5.41) is 7.63. The molecular formula is C15H19Br2N3O. The van der Waals surface area contributed by atoms with Gasteiger partial charge in [-0.15, -0.1) is 0 Å². The molecule has 0 saturated heterocycles. The fourth-order valence-electron chi connectivity index (χ4n) is 2.13. The second kappa shape index (κ2) is 6.94. The molecule has 1 unspecified atom stereocenters. The summed E-state index contributed by atoms with van der Waals surface area (Å²) in [7, 11) is 3.87. The Morgan fingerprint density at radius 3 is 2.67 bits per heavy atom. The minimum atomic E-state index is 0.227. The molecule has 0 aliphatic rings. The van der Waals surface area contributed by atoms with Crippen LogP contribution in [0.5, 0.6) is 5.75 Å². The van der Waals surface area contributed by atoms with Gasteiger partial charge in [-0.2, -0.15) is 5.10 Å². The number of nitrogens with one attached hydrogen (secondary N) is 1. The predicted octanol–water partition coefficient (Wildman–Crippen LogP) is 4.11. The van der Waals surface area contributed by atoms with Crippen LogP contribution in [0.3, 0.4) is 0 Å². The highest BCUT2D eigenvalue weighted by molar-refractivity contribution is 9.10. The summed E-state index contributed by atoms with van der Waals surface area (Å²) in [5.41, 5.74) is 3.13. The molecule has 0 aliphatic heterocycles. The molecule has 2 aromatic rings. The zero-order valence-electron chi connectivity index (χ0n) is 12.6. The van der Waals surface area contributed by atoms with E-state index in [-0.39, 0.29) is 6.04 Å². The Morgan fingerprint density at radius 2 is 2.10 bits per heavy atom. The van der Waals surface area contributed by atoms with E-state index in [1.54, 1.807) is 0 Å². The van der Waals surface area contributed by atoms with Crippen molar-refractivity contribution in [3.05, 3.63) is 44.1 Å². The number of hydrogen-bond acceptors (Lipinski definition) is 3. The van der Waals surface area contributed by atoms with Gasteiger partial charge in [0, 0.05) is 23.1 Å². The average Bonchev–Trinajstić information content (AvgIpc) is 2.69. The van der Waals surface area contributed by atoms with Crippen molar-refractivity contribution in [3.8, 4) is 5.75 Å². The van der Waals surface area contributed by atoms with Gasteiger partial charge in [0.15, 0.2) is 0 Å². The highest BCUT2D eigenvalue weighted by Crippen LogP contribution is 2.30. The third kappa shape index (κ3) is 3.67. The Labute approximate surface area is 142 Å². The van der Waals surface area contributed by atoms with Gasteiger partial charge in [-0.05, 0) is 49.0 Å². The van der Waals surface area contributed by atoms with E-state index >= 15 is 0 Å². The van der Waals surface area contributed by atoms with Crippen LogP contribution in [0.4, 0.5) is 0 Å². The van der Waals surface area contributed by atoms with Crippen molar-refractivity contribution in [2.24, 2.45) is 7.05 Å². The van der Waals surface area contributed by atoms with E-state index in [2.05, 4.69) is 55.3 Å². The van der Waals surface area contributed by atoms with Gasteiger partial charge in [-0.1, -0.05) is 22.0 Å². The highest BCUT2D eigenvalue weighted by Gasteiger charge is 2.14. The SMILES string of the molecule is CNC(C)c1ccc(Br)cc1OCc1c(Br)c(C)nn1C. The Bertz CT molecular complexity index is 640. The predicted molar refractivity (Wildman–Crippen MR) is 91.6 cm³/mol. The number of ether oxygens (including phenoxy) is 1. The van der Waals surface area contributed by atoms with E-state index in [0.717, 1.165) is 31.6 Å². The maximum Gasteiger partial charge on any atom is 0.131 e. The lowest BCUT2D eigenvalue weighted by molar-refractivity contribution is 0.288. The number of hydrogen-bond donors (Lipinski definition) is 1. The van der Waals surface area contributed by atoms with Crippen molar-refractivity contribution in [1.29, 1.82) is 0 Å². The minimum Gasteiger partial charge on any atom is -0.487 e. The van der Waals surface area contributed by atoms with Gasteiger partial charge in [0.2, 0.25) is 0 Å². The van der Waals surface area contributed by atoms with Crippen molar-refractivity contribution in [3.63, 3.8) is 0 Å². The zero-order valence-corrected chi connectivity index (χ0v) is 15.7. The van der Waals surface area contributed by atoms with E-state index in [9.17, 15) is 0 Å². The summed E-state index contributed by atoms with van der Waals surface area (Å²) in [6, 6.07) is 6.33. The summed E-state index contributed by atoms with van der Waals surface area (Å²) in [4.78, 5) is 0. The second-order valence-corrected chi connectivity index (χ2v) is 6.66. The molecule has 21 heavy (non-hydrogen) atoms. The van der Waals surface area contributed by atoms with Crippen LogP contribution in [0, 0.1) is 6.92 Å². The highest BCUT2D eigenvalue weighted by atomic mass is 79.9. The van der Waals surface area contributed by atoms with Crippen LogP contribution in [-0.4, -0.2) is 16.8 Å². The monoisotopic (exact) mass is 415 g/mol. The molecule has 0 amide bonds. The van der Waals surface area contributed by atoms with Gasteiger partial charge < -0.3 is 10.1 Å². The Kier molecular flexibility index (Phi) is 5.46. The molecule has 1 aromatic carbocycles. The molecule has 0 aliphatic carbocycles. The number of nitrogens with zero attached hydrogens (tertiary/aromatic N) is 2. The first-order valence-corrected chi connectivity index (χ1v) is 8.30. The molecule has 6 heteroatoms. The smallest absolute Gasteiger partial charge is 0.131 e. The summed E-state index contributed by atoms with van der Waals surface area (Å²) >= 11 is 7.06. The molecular weight excluding hydrogens is 398 g/mol. The molecule has 1 aromatic heterocycles. The number of aryl methyl sites for hydroxylation is 2. The number of aromatic nitrogens is 2. The molecule has 0 saturated carbocycles. The lowest BCUT2D eigenvalue weighted by atomic mass is 10.1. The molecule has 1 heterocycles. The Balaban J connectivity index is 2.25. The Hall–Kier alpha value is -0.850. The number of rotatable bonds is 5. The fraction of sp³-hybridized carbons (Fsp3) is 0.400. The van der Waals surface area contributed by atoms with Crippen LogP contribution in [0.2, 0.25) is 0 Å². The molecule has 1 atom stereocenters. The van der Waals surface area contributed by atoms with Crippen molar-refractivity contribution >= 4 is 31.9 Å². The van der Waals surface area contributed by atoms with Gasteiger partial charge in [0.25, 0.3) is 0 Å². The van der Waals surface area contributed by atoms with E-state index in [1.165, 1.54) is 0 Å². The normalized spacial score (nSPS) is 12.5. The van der Waals surface area contributed by atoms with Crippen LogP contribution in [0.15, 0.2) is 27.1 Å². The molecule has 0 fully saturated rings. The molecule has 4 nitrogen and oxygen atoms in total. The lowest BCUT2D eigenvalue weighted by Crippen LogP contribution is -2.14. The largest absolute Gasteiger partial charge is 0.487 e. The van der Waals surface area contributed by atoms with Crippen LogP contribution in [-0.2, 0) is 13.7 Å². The summed E-state index contributed by atoms with van der Waals surface area (Å²) in [5.74, 6) is 0.872. The fourth-order valence-corrected chi connectivity index (χ4v) is 2.92. The van der Waals surface area contributed by atoms with Crippen LogP contribution >= 0.6 is 31.9 Å². The quantitative estimate of drug-likeness (QED) is 0.796. The van der Waals surface area contributed by atoms with Crippen molar-refractivity contribution in [2.75, 3.05) is 7.05 Å². The van der Waals surface area contributed by atoms with E-state index in [0.29, 0.717) is 6.61 Å². The van der Waals surface area contributed by atoms with E-state index < -0.39 is 0 Å². The van der Waals surface area contributed by atoms with Crippen molar-refractivity contribution in [2.45, 2.75) is 26.5 Å². The first-order chi connectivity index (χ1) is 9.93. The third-order valence-corrected chi connectivity index (χ3v) is 5.03. The van der Waals surface area contributed by atoms with Crippen molar-refractivity contribution < 1.29 is 4.74 Å². The van der Waals surface area contributed by atoms with Crippen LogP contribution in [0.25, 0.3) is 0 Å². The summed E-state index contributed by atoms with van der Waals surface area (Å²) in [6.07, 6.45) is 0. The molecule has 0 bridgehead atoms. The number of halogens is 2. The standard InChI is InChI=1S/C15H19Br2N3O/c1-9(18-3)12-6-5-11(16)7-14(12)21-8-13-15(17)10(2)19-20(13)4/h5-7,9,18H,8H2,1-4H3. The van der Waals surface area contributed by atoms with Gasteiger partial charge in [0.1, 0.15) is 12.4 Å². The molecule has 0 radical (unpaired) electrons. The summed E-state index contributed by atoms with van der Waals surface area (Å²) in [6.45, 7) is 4.55. The van der Waals surface area contributed by atoms with Crippen molar-refractivity contribution in [1.82, 2.24) is 15.1 Å². The molecule has 0 spiro atoms. The molecule has 2 rings (SSSR count). The first kappa shape index (κ1) is 16.5. The maximum absolute atomic E-state index is 6.04. The second-order valence-electron chi connectivity index (χ2n) is 4.95. The van der Waals surface area contributed by atoms with Gasteiger partial charge in [-0.3, -0.25) is 4.68 Å². The van der Waals surface area contributed by atoms with Crippen LogP contribution in [0.1, 0.15) is 29.9 Å². The Morgan fingerprint density at radius 1 is 1.38 bits per heavy atom. The topological polar surface area (TPSA) is 39.1 Å². The average molecular weight is 417 g/mol. The third-order valence-electron chi connectivity index (χ3n) is 3.50. The molecule has 114 valence electrons. The van der Waals surface area contributed by atoms with Crippen LogP contribution < -0.4 is 10.1 Å². The lowest BCUT2D eigenvalue weighted by Gasteiger charge is -2.17. The summed E-state index contributed by atoms with van der Waals surface area (Å²) < 4.78 is 9.89. The van der Waals surface area contributed by atoms with Gasteiger partial charge in [0.05, 0.1) is 15.9 Å². The maximum atomic E-state index is 6.04.